The summed E-state index contributed by atoms with van der Waals surface area (Å²) in [6.07, 6.45) is 0. The molecule has 0 atom stereocenters. The van der Waals surface area contributed by atoms with Crippen LogP contribution in [0.15, 0.2) is 18.2 Å². The van der Waals surface area contributed by atoms with Gasteiger partial charge >= 0.3 is 0 Å². The Kier molecular flexibility index (Phi) is 3.92. The molecular weight excluding hydrogens is 314 g/mol. The van der Waals surface area contributed by atoms with Crippen molar-refractivity contribution in [2.24, 2.45) is 0 Å². The normalized spacial score (nSPS) is 17.5. The summed E-state index contributed by atoms with van der Waals surface area (Å²) in [6, 6.07) is 6.19. The van der Waals surface area contributed by atoms with Gasteiger partial charge in [0.25, 0.3) is 0 Å². The van der Waals surface area contributed by atoms with Crippen molar-refractivity contribution in [2.75, 3.05) is 50.2 Å². The number of hydrogen-bond donors (Lipinski definition) is 1. The number of nitrogens with one attached hydrogen (secondary N) is 1. The van der Waals surface area contributed by atoms with Crippen LogP contribution in [0, 0.1) is 0 Å². The lowest BCUT2D eigenvalue weighted by Gasteiger charge is -2.34. The van der Waals surface area contributed by atoms with Gasteiger partial charge in [-0.2, -0.15) is 0 Å². The molecule has 1 saturated heterocycles. The van der Waals surface area contributed by atoms with Gasteiger partial charge in [-0.25, -0.2) is 0 Å². The SMILES string of the molecule is CNc1nnc(N2CCN(Cc3ccc4c(c3)OCO4)CC2)s1. The molecule has 4 rings (SSSR count). The highest BCUT2D eigenvalue weighted by Gasteiger charge is 2.21. The molecule has 2 aliphatic heterocycles. The first kappa shape index (κ1) is 14.5. The van der Waals surface area contributed by atoms with E-state index in [0.29, 0.717) is 6.79 Å². The maximum Gasteiger partial charge on any atom is 0.231 e. The molecule has 0 amide bonds. The van der Waals surface area contributed by atoms with Gasteiger partial charge in [-0.15, -0.1) is 10.2 Å². The number of hydrogen-bond acceptors (Lipinski definition) is 8. The quantitative estimate of drug-likeness (QED) is 0.912. The number of fused-ring (bicyclic) bond motifs is 1. The molecule has 0 radical (unpaired) electrons. The summed E-state index contributed by atoms with van der Waals surface area (Å²) in [5, 5.41) is 13.2. The topological polar surface area (TPSA) is 62.8 Å². The van der Waals surface area contributed by atoms with Crippen molar-refractivity contribution in [2.45, 2.75) is 6.54 Å². The van der Waals surface area contributed by atoms with Crippen LogP contribution in [-0.4, -0.2) is 55.1 Å². The van der Waals surface area contributed by atoms with Crippen molar-refractivity contribution in [1.82, 2.24) is 15.1 Å². The standard InChI is InChI=1S/C15H19N5O2S/c1-16-14-17-18-15(23-14)20-6-4-19(5-7-20)9-11-2-3-12-13(8-11)22-10-21-12/h2-3,8H,4-7,9-10H2,1H3,(H,16,17). The average Bonchev–Trinajstić information content (AvgIpc) is 3.24. The van der Waals surface area contributed by atoms with Crippen molar-refractivity contribution in [3.63, 3.8) is 0 Å². The molecule has 1 aromatic carbocycles. The molecule has 1 fully saturated rings. The van der Waals surface area contributed by atoms with Gasteiger partial charge in [0.2, 0.25) is 17.1 Å². The van der Waals surface area contributed by atoms with Crippen LogP contribution in [0.5, 0.6) is 11.5 Å². The van der Waals surface area contributed by atoms with Gasteiger partial charge < -0.3 is 19.7 Å². The molecule has 0 bridgehead atoms. The number of nitrogens with zero attached hydrogens (tertiary/aromatic N) is 4. The maximum absolute atomic E-state index is 5.45. The highest BCUT2D eigenvalue weighted by molar-refractivity contribution is 7.19. The zero-order chi connectivity index (χ0) is 15.6. The monoisotopic (exact) mass is 333 g/mol. The summed E-state index contributed by atoms with van der Waals surface area (Å²) in [5.41, 5.74) is 1.26. The van der Waals surface area contributed by atoms with Crippen molar-refractivity contribution in [3.05, 3.63) is 23.8 Å². The van der Waals surface area contributed by atoms with Gasteiger partial charge in [0.15, 0.2) is 11.5 Å². The van der Waals surface area contributed by atoms with Crippen molar-refractivity contribution >= 4 is 21.6 Å². The number of rotatable bonds is 4. The minimum absolute atomic E-state index is 0.327. The minimum atomic E-state index is 0.327. The van der Waals surface area contributed by atoms with Gasteiger partial charge in [0.1, 0.15) is 0 Å². The Labute approximate surface area is 138 Å². The summed E-state index contributed by atoms with van der Waals surface area (Å²) in [6.45, 7) is 5.24. The van der Waals surface area contributed by atoms with Gasteiger partial charge in [-0.3, -0.25) is 4.90 Å². The second kappa shape index (κ2) is 6.21. The van der Waals surface area contributed by atoms with E-state index in [9.17, 15) is 0 Å². The molecule has 1 aromatic heterocycles. The zero-order valence-corrected chi connectivity index (χ0v) is 13.8. The van der Waals surface area contributed by atoms with Gasteiger partial charge in [-0.1, -0.05) is 17.4 Å². The van der Waals surface area contributed by atoms with Crippen molar-refractivity contribution in [3.8, 4) is 11.5 Å². The van der Waals surface area contributed by atoms with E-state index in [1.165, 1.54) is 5.56 Å². The first-order valence-electron chi connectivity index (χ1n) is 7.69. The Bertz CT molecular complexity index is 684. The fourth-order valence-corrected chi connectivity index (χ4v) is 3.59. The summed E-state index contributed by atoms with van der Waals surface area (Å²) >= 11 is 1.60. The number of ether oxygens (including phenoxy) is 2. The van der Waals surface area contributed by atoms with Crippen molar-refractivity contribution < 1.29 is 9.47 Å². The van der Waals surface area contributed by atoms with Crippen LogP contribution in [0.25, 0.3) is 0 Å². The second-order valence-corrected chi connectivity index (χ2v) is 6.55. The van der Waals surface area contributed by atoms with Crippen molar-refractivity contribution in [1.29, 1.82) is 0 Å². The lowest BCUT2D eigenvalue weighted by atomic mass is 10.1. The Morgan fingerprint density at radius 2 is 1.96 bits per heavy atom. The number of benzene rings is 1. The summed E-state index contributed by atoms with van der Waals surface area (Å²) < 4.78 is 10.8. The van der Waals surface area contributed by atoms with Crippen LogP contribution < -0.4 is 19.7 Å². The smallest absolute Gasteiger partial charge is 0.231 e. The van der Waals surface area contributed by atoms with Crippen LogP contribution in [0.4, 0.5) is 10.3 Å². The van der Waals surface area contributed by atoms with Crippen LogP contribution in [0.3, 0.4) is 0 Å². The molecule has 2 aliphatic rings. The third-order valence-electron chi connectivity index (χ3n) is 4.11. The second-order valence-electron chi connectivity index (χ2n) is 5.59. The van der Waals surface area contributed by atoms with E-state index >= 15 is 0 Å². The average molecular weight is 333 g/mol. The molecule has 2 aromatic rings. The number of piperazine rings is 1. The van der Waals surface area contributed by atoms with Gasteiger partial charge in [0, 0.05) is 39.8 Å². The maximum atomic E-state index is 5.45. The number of aromatic nitrogens is 2. The number of anilines is 2. The lowest BCUT2D eigenvalue weighted by Crippen LogP contribution is -2.45. The first-order chi connectivity index (χ1) is 11.3. The van der Waals surface area contributed by atoms with E-state index in [2.05, 4.69) is 37.4 Å². The molecule has 7 nitrogen and oxygen atoms in total. The highest BCUT2D eigenvalue weighted by Crippen LogP contribution is 2.33. The molecule has 8 heteroatoms. The van der Waals surface area contributed by atoms with Crippen LogP contribution in [0.2, 0.25) is 0 Å². The Hall–Kier alpha value is -2.06. The Morgan fingerprint density at radius 3 is 2.74 bits per heavy atom. The highest BCUT2D eigenvalue weighted by atomic mass is 32.1. The summed E-state index contributed by atoms with van der Waals surface area (Å²) in [5.74, 6) is 1.70. The van der Waals surface area contributed by atoms with E-state index in [-0.39, 0.29) is 0 Å². The molecule has 23 heavy (non-hydrogen) atoms. The fraction of sp³-hybridized carbons (Fsp3) is 0.467. The van der Waals surface area contributed by atoms with Crippen LogP contribution in [0.1, 0.15) is 5.56 Å². The third kappa shape index (κ3) is 3.04. The zero-order valence-electron chi connectivity index (χ0n) is 13.0. The van der Waals surface area contributed by atoms with E-state index < -0.39 is 0 Å². The molecule has 122 valence electrons. The Balaban J connectivity index is 1.34. The summed E-state index contributed by atoms with van der Waals surface area (Å²) in [7, 11) is 1.87. The molecule has 0 unspecified atom stereocenters. The summed E-state index contributed by atoms with van der Waals surface area (Å²) in [4.78, 5) is 4.75. The Morgan fingerprint density at radius 1 is 1.13 bits per heavy atom. The third-order valence-corrected chi connectivity index (χ3v) is 5.12. The lowest BCUT2D eigenvalue weighted by molar-refractivity contribution is 0.174. The molecule has 0 aliphatic carbocycles. The predicted octanol–water partition coefficient (Wildman–Crippen LogP) is 1.63. The minimum Gasteiger partial charge on any atom is -0.454 e. The molecule has 3 heterocycles. The predicted molar refractivity (Wildman–Crippen MR) is 89.5 cm³/mol. The van der Waals surface area contributed by atoms with Gasteiger partial charge in [0.05, 0.1) is 0 Å². The van der Waals surface area contributed by atoms with E-state index in [4.69, 9.17) is 9.47 Å². The van der Waals surface area contributed by atoms with Crippen LogP contribution >= 0.6 is 11.3 Å². The fourth-order valence-electron chi connectivity index (χ4n) is 2.84. The van der Waals surface area contributed by atoms with Gasteiger partial charge in [-0.05, 0) is 17.7 Å². The molecule has 1 N–H and O–H groups in total. The molecular formula is C15H19N5O2S. The molecule has 0 spiro atoms. The van der Waals surface area contributed by atoms with Crippen LogP contribution in [-0.2, 0) is 6.54 Å². The van der Waals surface area contributed by atoms with E-state index in [1.807, 2.05) is 13.1 Å². The first-order valence-corrected chi connectivity index (χ1v) is 8.50. The molecule has 0 saturated carbocycles. The van der Waals surface area contributed by atoms with E-state index in [0.717, 1.165) is 54.5 Å². The van der Waals surface area contributed by atoms with E-state index in [1.54, 1.807) is 11.3 Å². The largest absolute Gasteiger partial charge is 0.454 e.